The Labute approximate surface area is 135 Å². The highest BCUT2D eigenvalue weighted by Crippen LogP contribution is 2.48. The predicted molar refractivity (Wildman–Crippen MR) is 78.1 cm³/mol. The molecule has 2 rings (SSSR count). The highest BCUT2D eigenvalue weighted by Gasteiger charge is 2.59. The van der Waals surface area contributed by atoms with Gasteiger partial charge in [-0.25, -0.2) is 4.79 Å². The van der Waals surface area contributed by atoms with Crippen molar-refractivity contribution in [2.75, 3.05) is 6.61 Å². The normalized spacial score (nSPS) is 32.4. The molecule has 0 aromatic carbocycles. The van der Waals surface area contributed by atoms with Crippen LogP contribution in [0.1, 0.15) is 47.0 Å². The fourth-order valence-electron chi connectivity index (χ4n) is 3.02. The summed E-state index contributed by atoms with van der Waals surface area (Å²) in [6.45, 7) is 7.26. The van der Waals surface area contributed by atoms with E-state index in [0.29, 0.717) is 25.7 Å². The van der Waals surface area contributed by atoms with Crippen molar-refractivity contribution in [3.8, 4) is 0 Å². The van der Waals surface area contributed by atoms with E-state index in [0.717, 1.165) is 0 Å². The minimum absolute atomic E-state index is 0.114. The van der Waals surface area contributed by atoms with E-state index in [1.165, 1.54) is 0 Å². The maximum atomic E-state index is 12.0. The molecule has 130 valence electrons. The smallest absolute Gasteiger partial charge is 0.346 e. The molecule has 4 unspecified atom stereocenters. The molecule has 2 fully saturated rings. The van der Waals surface area contributed by atoms with Gasteiger partial charge in [-0.2, -0.15) is 0 Å². The van der Waals surface area contributed by atoms with E-state index >= 15 is 0 Å². The van der Waals surface area contributed by atoms with Crippen LogP contribution in [-0.4, -0.2) is 43.0 Å². The van der Waals surface area contributed by atoms with E-state index in [1.54, 1.807) is 13.8 Å². The van der Waals surface area contributed by atoms with Crippen LogP contribution in [0.2, 0.25) is 0 Å². The molecule has 0 N–H and O–H groups in total. The lowest BCUT2D eigenvalue weighted by Gasteiger charge is -2.28. The first kappa shape index (κ1) is 17.7. The quantitative estimate of drug-likeness (QED) is 0.398. The molecular weight excluding hydrogens is 304 g/mol. The molecule has 0 aromatic heterocycles. The van der Waals surface area contributed by atoms with Gasteiger partial charge in [-0.05, 0) is 26.2 Å². The maximum Gasteiger partial charge on any atom is 0.346 e. The first-order chi connectivity index (χ1) is 10.7. The van der Waals surface area contributed by atoms with Crippen LogP contribution in [0.5, 0.6) is 0 Å². The first-order valence-corrected chi connectivity index (χ1v) is 7.89. The van der Waals surface area contributed by atoms with E-state index < -0.39 is 35.9 Å². The van der Waals surface area contributed by atoms with E-state index in [1.807, 2.05) is 13.8 Å². The van der Waals surface area contributed by atoms with Crippen molar-refractivity contribution in [1.29, 1.82) is 0 Å². The molecule has 0 aromatic rings. The minimum atomic E-state index is -1.08. The van der Waals surface area contributed by atoms with Gasteiger partial charge in [-0.15, -0.1) is 0 Å². The summed E-state index contributed by atoms with van der Waals surface area (Å²) in [6, 6.07) is 0. The highest BCUT2D eigenvalue weighted by atomic mass is 16.7. The lowest BCUT2D eigenvalue weighted by molar-refractivity contribution is -0.211. The Kier molecular flexibility index (Phi) is 4.98. The second kappa shape index (κ2) is 6.47. The van der Waals surface area contributed by atoms with E-state index in [2.05, 4.69) is 0 Å². The molecule has 0 spiro atoms. The molecule has 2 bridgehead atoms. The molecule has 7 heteroatoms. The molecular formula is C16H24O7. The molecule has 0 radical (unpaired) electrons. The van der Waals surface area contributed by atoms with Gasteiger partial charge in [0.15, 0.2) is 6.61 Å². The third-order valence-corrected chi connectivity index (χ3v) is 4.71. The molecule has 2 aliphatic heterocycles. The molecule has 23 heavy (non-hydrogen) atoms. The molecule has 0 amide bonds. The van der Waals surface area contributed by atoms with Gasteiger partial charge >= 0.3 is 11.9 Å². The van der Waals surface area contributed by atoms with Crippen molar-refractivity contribution in [2.45, 2.75) is 65.0 Å². The zero-order chi connectivity index (χ0) is 17.3. The van der Waals surface area contributed by atoms with Crippen molar-refractivity contribution in [2.24, 2.45) is 11.3 Å². The Morgan fingerprint density at radius 2 is 2.04 bits per heavy atom. The third-order valence-electron chi connectivity index (χ3n) is 4.71. The summed E-state index contributed by atoms with van der Waals surface area (Å²) < 4.78 is 21.1. The number of hydrogen-bond donors (Lipinski definition) is 0. The summed E-state index contributed by atoms with van der Waals surface area (Å²) in [4.78, 5) is 34.4. The number of hydrogen-bond acceptors (Lipinski definition) is 7. The predicted octanol–water partition coefficient (Wildman–Crippen LogP) is 1.58. The summed E-state index contributed by atoms with van der Waals surface area (Å²) >= 11 is 0. The van der Waals surface area contributed by atoms with Gasteiger partial charge in [-0.1, -0.05) is 13.8 Å². The van der Waals surface area contributed by atoms with Gasteiger partial charge in [0.25, 0.3) is 6.47 Å². The van der Waals surface area contributed by atoms with Crippen molar-refractivity contribution >= 4 is 18.4 Å². The Hall–Kier alpha value is -1.63. The van der Waals surface area contributed by atoms with E-state index in [9.17, 15) is 14.4 Å². The SMILES string of the molecule is CCC(C)(C)C(=O)OCC(=O)OC12CC(C)C(O1)C(OC=O)C2. The van der Waals surface area contributed by atoms with E-state index in [4.69, 9.17) is 18.9 Å². The zero-order valence-corrected chi connectivity index (χ0v) is 14.0. The van der Waals surface area contributed by atoms with Gasteiger partial charge in [0.1, 0.15) is 12.2 Å². The average molecular weight is 328 g/mol. The molecule has 2 saturated heterocycles. The van der Waals surface area contributed by atoms with Crippen LogP contribution in [0.4, 0.5) is 0 Å². The van der Waals surface area contributed by atoms with Crippen LogP contribution in [0.3, 0.4) is 0 Å². The Morgan fingerprint density at radius 1 is 1.35 bits per heavy atom. The molecule has 2 heterocycles. The van der Waals surface area contributed by atoms with Crippen molar-refractivity contribution in [3.05, 3.63) is 0 Å². The van der Waals surface area contributed by atoms with Crippen LogP contribution in [0, 0.1) is 11.3 Å². The van der Waals surface area contributed by atoms with Crippen LogP contribution >= 0.6 is 0 Å². The number of ether oxygens (including phenoxy) is 4. The number of esters is 2. The molecule has 2 aliphatic rings. The van der Waals surface area contributed by atoms with Crippen molar-refractivity contribution < 1.29 is 33.3 Å². The third kappa shape index (κ3) is 3.65. The zero-order valence-electron chi connectivity index (χ0n) is 14.0. The van der Waals surface area contributed by atoms with Gasteiger partial charge in [0, 0.05) is 6.42 Å². The second-order valence-corrected chi connectivity index (χ2v) is 6.94. The topological polar surface area (TPSA) is 88.1 Å². The van der Waals surface area contributed by atoms with Crippen LogP contribution in [0.25, 0.3) is 0 Å². The first-order valence-electron chi connectivity index (χ1n) is 7.89. The summed E-state index contributed by atoms with van der Waals surface area (Å²) in [7, 11) is 0. The summed E-state index contributed by atoms with van der Waals surface area (Å²) in [5.74, 6) is -2.07. The molecule has 0 aliphatic carbocycles. The Morgan fingerprint density at radius 3 is 2.65 bits per heavy atom. The minimum Gasteiger partial charge on any atom is -0.462 e. The summed E-state index contributed by atoms with van der Waals surface area (Å²) in [5.41, 5.74) is -0.641. The lowest BCUT2D eigenvalue weighted by Crippen LogP contribution is -2.39. The monoisotopic (exact) mass is 328 g/mol. The number of carbonyl (C=O) groups excluding carboxylic acids is 3. The number of carbonyl (C=O) groups is 3. The second-order valence-electron chi connectivity index (χ2n) is 6.94. The van der Waals surface area contributed by atoms with Crippen LogP contribution < -0.4 is 0 Å². The van der Waals surface area contributed by atoms with Gasteiger partial charge in [0.05, 0.1) is 11.8 Å². The largest absolute Gasteiger partial charge is 0.462 e. The van der Waals surface area contributed by atoms with Crippen LogP contribution in [-0.2, 0) is 33.3 Å². The average Bonchev–Trinajstić information content (AvgIpc) is 2.98. The van der Waals surface area contributed by atoms with Gasteiger partial charge in [0.2, 0.25) is 5.79 Å². The van der Waals surface area contributed by atoms with E-state index in [-0.39, 0.29) is 12.0 Å². The summed E-state index contributed by atoms with van der Waals surface area (Å²) in [6.07, 6.45) is 0.773. The number of fused-ring (bicyclic) bond motifs is 2. The molecule has 7 nitrogen and oxygen atoms in total. The standard InChI is InChI=1S/C16H24O7/c1-5-15(3,4)14(19)20-8-12(18)22-16-6-10(2)13(23-16)11(7-16)21-9-17/h9-11,13H,5-8H2,1-4H3. The number of rotatable bonds is 7. The van der Waals surface area contributed by atoms with Crippen LogP contribution in [0.15, 0.2) is 0 Å². The Balaban J connectivity index is 1.88. The summed E-state index contributed by atoms with van der Waals surface area (Å²) in [5, 5.41) is 0. The molecule has 0 saturated carbocycles. The lowest BCUT2D eigenvalue weighted by atomic mass is 9.86. The fourth-order valence-corrected chi connectivity index (χ4v) is 3.02. The van der Waals surface area contributed by atoms with Crippen molar-refractivity contribution in [3.63, 3.8) is 0 Å². The highest BCUT2D eigenvalue weighted by molar-refractivity contribution is 5.79. The van der Waals surface area contributed by atoms with Gasteiger partial charge < -0.3 is 18.9 Å². The maximum absolute atomic E-state index is 12.0. The van der Waals surface area contributed by atoms with Crippen molar-refractivity contribution in [1.82, 2.24) is 0 Å². The van der Waals surface area contributed by atoms with Gasteiger partial charge in [-0.3, -0.25) is 9.59 Å². The Bertz CT molecular complexity index is 487. The fraction of sp³-hybridized carbons (Fsp3) is 0.812. The molecule has 4 atom stereocenters.